The van der Waals surface area contributed by atoms with Crippen molar-refractivity contribution in [2.24, 2.45) is 0 Å². The van der Waals surface area contributed by atoms with Crippen molar-refractivity contribution in [3.8, 4) is 0 Å². The van der Waals surface area contributed by atoms with E-state index in [1.807, 2.05) is 0 Å². The van der Waals surface area contributed by atoms with Gasteiger partial charge in [0.15, 0.2) is 5.76 Å². The lowest BCUT2D eigenvalue weighted by Crippen LogP contribution is -2.11. The van der Waals surface area contributed by atoms with Crippen molar-refractivity contribution in [1.82, 2.24) is 5.16 Å². The van der Waals surface area contributed by atoms with E-state index in [-0.39, 0.29) is 15.8 Å². The van der Waals surface area contributed by atoms with Gasteiger partial charge in [-0.25, -0.2) is 12.8 Å². The number of hydrogen-bond donors (Lipinski definition) is 2. The zero-order chi connectivity index (χ0) is 21.9. The molecule has 10 heteroatoms. The Labute approximate surface area is 177 Å². The molecular formula is C20H20FN3O4S2. The number of aryl methyl sites for hydroxylation is 2. The first-order valence-corrected chi connectivity index (χ1v) is 11.3. The van der Waals surface area contributed by atoms with Crippen molar-refractivity contribution in [3.05, 3.63) is 58.0 Å². The Morgan fingerprint density at radius 2 is 2.00 bits per heavy atom. The number of sulfonamides is 1. The van der Waals surface area contributed by atoms with E-state index < -0.39 is 15.8 Å². The molecule has 0 atom stereocenters. The Morgan fingerprint density at radius 3 is 2.70 bits per heavy atom. The predicted octanol–water partition coefficient (Wildman–Crippen LogP) is 4.81. The van der Waals surface area contributed by atoms with Gasteiger partial charge in [0, 0.05) is 11.3 Å². The SMILES string of the molecule is CCC(=O)Nc1c(C)noc1C=Cc1ccc(S(=O)(=O)Nc2ccc(C)c(F)c2)s1. The van der Waals surface area contributed by atoms with Crippen LogP contribution >= 0.6 is 11.3 Å². The molecule has 0 bridgehead atoms. The number of carbonyl (C=O) groups excluding carboxylic acids is 1. The van der Waals surface area contributed by atoms with Crippen LogP contribution in [0.3, 0.4) is 0 Å². The molecule has 1 amide bonds. The third-order valence-electron chi connectivity index (χ3n) is 4.16. The third kappa shape index (κ3) is 4.95. The maximum absolute atomic E-state index is 13.7. The zero-order valence-corrected chi connectivity index (χ0v) is 18.2. The summed E-state index contributed by atoms with van der Waals surface area (Å²) in [6.45, 7) is 5.04. The normalized spacial score (nSPS) is 11.7. The summed E-state index contributed by atoms with van der Waals surface area (Å²) in [5.41, 5.74) is 1.60. The van der Waals surface area contributed by atoms with Crippen LogP contribution < -0.4 is 10.0 Å². The van der Waals surface area contributed by atoms with E-state index in [0.29, 0.717) is 34.0 Å². The number of thiophene rings is 1. The molecule has 0 saturated carbocycles. The summed E-state index contributed by atoms with van der Waals surface area (Å²) < 4.78 is 46.5. The second kappa shape index (κ2) is 8.80. The number of anilines is 2. The number of halogens is 1. The zero-order valence-electron chi connectivity index (χ0n) is 16.5. The van der Waals surface area contributed by atoms with Gasteiger partial charge in [-0.05, 0) is 55.8 Å². The van der Waals surface area contributed by atoms with Gasteiger partial charge in [-0.15, -0.1) is 11.3 Å². The van der Waals surface area contributed by atoms with E-state index in [4.69, 9.17) is 4.52 Å². The number of aromatic nitrogens is 1. The average molecular weight is 450 g/mol. The standard InChI is InChI=1S/C20H20FN3O4S2/c1-4-18(25)22-20-13(3)23-28-17(20)9-7-15-8-10-19(29-15)30(26,27)24-14-6-5-12(2)16(21)11-14/h5-11,24H,4H2,1-3H3,(H,22,25). The van der Waals surface area contributed by atoms with Crippen LogP contribution in [0, 0.1) is 19.7 Å². The van der Waals surface area contributed by atoms with Gasteiger partial charge in [0.2, 0.25) is 5.91 Å². The first-order chi connectivity index (χ1) is 14.2. The van der Waals surface area contributed by atoms with Gasteiger partial charge in [-0.1, -0.05) is 18.1 Å². The minimum absolute atomic E-state index is 0.0800. The number of nitrogens with zero attached hydrogens (tertiary/aromatic N) is 1. The Morgan fingerprint density at radius 1 is 1.23 bits per heavy atom. The molecule has 3 rings (SSSR count). The number of hydrogen-bond acceptors (Lipinski definition) is 6. The van der Waals surface area contributed by atoms with Crippen LogP contribution in [0.5, 0.6) is 0 Å². The van der Waals surface area contributed by atoms with E-state index in [0.717, 1.165) is 17.4 Å². The van der Waals surface area contributed by atoms with Crippen molar-refractivity contribution >= 4 is 50.8 Å². The molecular weight excluding hydrogens is 429 g/mol. The van der Waals surface area contributed by atoms with E-state index in [2.05, 4.69) is 15.2 Å². The van der Waals surface area contributed by atoms with Gasteiger partial charge in [-0.2, -0.15) is 0 Å². The predicted molar refractivity (Wildman–Crippen MR) is 115 cm³/mol. The average Bonchev–Trinajstić information content (AvgIpc) is 3.31. The smallest absolute Gasteiger partial charge is 0.271 e. The van der Waals surface area contributed by atoms with Crippen molar-refractivity contribution < 1.29 is 22.1 Å². The number of benzene rings is 1. The fourth-order valence-electron chi connectivity index (χ4n) is 2.47. The molecule has 1 aromatic carbocycles. The summed E-state index contributed by atoms with van der Waals surface area (Å²) in [5.74, 6) is -0.294. The number of rotatable bonds is 7. The maximum atomic E-state index is 13.7. The van der Waals surface area contributed by atoms with Crippen molar-refractivity contribution in [2.45, 2.75) is 31.4 Å². The lowest BCUT2D eigenvalue weighted by atomic mass is 10.2. The number of nitrogens with one attached hydrogen (secondary N) is 2. The van der Waals surface area contributed by atoms with E-state index in [1.165, 1.54) is 18.2 Å². The van der Waals surface area contributed by atoms with Crippen LogP contribution in [0.1, 0.15) is 35.2 Å². The number of carbonyl (C=O) groups is 1. The van der Waals surface area contributed by atoms with E-state index in [1.54, 1.807) is 39.0 Å². The van der Waals surface area contributed by atoms with Crippen LogP contribution in [0.15, 0.2) is 39.1 Å². The monoisotopic (exact) mass is 449 g/mol. The molecule has 0 aliphatic heterocycles. The van der Waals surface area contributed by atoms with Crippen LogP contribution in [0.2, 0.25) is 0 Å². The maximum Gasteiger partial charge on any atom is 0.271 e. The highest BCUT2D eigenvalue weighted by Crippen LogP contribution is 2.28. The minimum atomic E-state index is -3.85. The van der Waals surface area contributed by atoms with Crippen molar-refractivity contribution in [2.75, 3.05) is 10.0 Å². The summed E-state index contributed by atoms with van der Waals surface area (Å²) in [5, 5.41) is 6.58. The molecule has 0 aliphatic carbocycles. The van der Waals surface area contributed by atoms with Crippen LogP contribution in [0.4, 0.5) is 15.8 Å². The molecule has 2 N–H and O–H groups in total. The highest BCUT2D eigenvalue weighted by atomic mass is 32.2. The molecule has 0 fully saturated rings. The summed E-state index contributed by atoms with van der Waals surface area (Å²) >= 11 is 1.04. The van der Waals surface area contributed by atoms with Crippen LogP contribution in [0.25, 0.3) is 12.2 Å². The molecule has 2 heterocycles. The molecule has 3 aromatic rings. The second-order valence-electron chi connectivity index (χ2n) is 6.47. The topological polar surface area (TPSA) is 101 Å². The third-order valence-corrected chi connectivity index (χ3v) is 7.09. The molecule has 158 valence electrons. The van der Waals surface area contributed by atoms with Crippen LogP contribution in [-0.2, 0) is 14.8 Å². The first kappa shape index (κ1) is 21.7. The summed E-state index contributed by atoms with van der Waals surface area (Å²) in [4.78, 5) is 12.3. The van der Waals surface area contributed by atoms with Gasteiger partial charge in [0.25, 0.3) is 10.0 Å². The Bertz CT molecular complexity index is 1210. The van der Waals surface area contributed by atoms with Gasteiger partial charge >= 0.3 is 0 Å². The quantitative estimate of drug-likeness (QED) is 0.539. The Kier molecular flexibility index (Phi) is 6.37. The molecule has 0 spiro atoms. The summed E-state index contributed by atoms with van der Waals surface area (Å²) in [7, 11) is -3.85. The van der Waals surface area contributed by atoms with E-state index in [9.17, 15) is 17.6 Å². The van der Waals surface area contributed by atoms with Gasteiger partial charge < -0.3 is 9.84 Å². The molecule has 0 aliphatic rings. The summed E-state index contributed by atoms with van der Waals surface area (Å²) in [6.07, 6.45) is 3.59. The van der Waals surface area contributed by atoms with E-state index >= 15 is 0 Å². The highest BCUT2D eigenvalue weighted by Gasteiger charge is 2.18. The number of amides is 1. The lowest BCUT2D eigenvalue weighted by molar-refractivity contribution is -0.115. The first-order valence-electron chi connectivity index (χ1n) is 9.02. The van der Waals surface area contributed by atoms with Crippen LogP contribution in [-0.4, -0.2) is 19.5 Å². The second-order valence-corrected chi connectivity index (χ2v) is 9.49. The molecule has 0 saturated heterocycles. The van der Waals surface area contributed by atoms with Crippen molar-refractivity contribution in [1.29, 1.82) is 0 Å². The fraction of sp³-hybridized carbons (Fsp3) is 0.200. The van der Waals surface area contributed by atoms with Gasteiger partial charge in [0.1, 0.15) is 21.4 Å². The largest absolute Gasteiger partial charge is 0.354 e. The fourth-order valence-corrected chi connectivity index (χ4v) is 4.75. The van der Waals surface area contributed by atoms with Crippen molar-refractivity contribution in [3.63, 3.8) is 0 Å². The van der Waals surface area contributed by atoms with Gasteiger partial charge in [0.05, 0.1) is 5.69 Å². The lowest BCUT2D eigenvalue weighted by Gasteiger charge is -2.07. The highest BCUT2D eigenvalue weighted by molar-refractivity contribution is 7.94. The molecule has 0 radical (unpaired) electrons. The molecule has 2 aromatic heterocycles. The molecule has 7 nitrogen and oxygen atoms in total. The van der Waals surface area contributed by atoms with Gasteiger partial charge in [-0.3, -0.25) is 9.52 Å². The molecule has 30 heavy (non-hydrogen) atoms. The summed E-state index contributed by atoms with van der Waals surface area (Å²) in [6, 6.07) is 7.24. The molecule has 0 unspecified atom stereocenters. The Hall–Kier alpha value is -2.98. The Balaban J connectivity index is 1.78. The minimum Gasteiger partial charge on any atom is -0.354 e.